The van der Waals surface area contributed by atoms with Crippen LogP contribution in [0.3, 0.4) is 0 Å². The van der Waals surface area contributed by atoms with Gasteiger partial charge in [0.2, 0.25) is 0 Å². The first-order chi connectivity index (χ1) is 10.9. The predicted octanol–water partition coefficient (Wildman–Crippen LogP) is 3.79. The van der Waals surface area contributed by atoms with Crippen molar-refractivity contribution in [2.75, 3.05) is 19.6 Å². The lowest BCUT2D eigenvalue weighted by Crippen LogP contribution is -2.33. The van der Waals surface area contributed by atoms with Gasteiger partial charge in [-0.15, -0.1) is 0 Å². The maximum Gasteiger partial charge on any atom is 0.0335 e. The van der Waals surface area contributed by atoms with Crippen LogP contribution in [-0.4, -0.2) is 24.5 Å². The number of hydrogen-bond donors (Lipinski definition) is 1. The Hall–Kier alpha value is -1.64. The molecule has 2 nitrogen and oxygen atoms in total. The molecular weight excluding hydrogens is 268 g/mol. The van der Waals surface area contributed by atoms with Crippen LogP contribution >= 0.6 is 0 Å². The van der Waals surface area contributed by atoms with E-state index in [1.54, 1.807) is 0 Å². The molecule has 1 N–H and O–H groups in total. The number of fused-ring (bicyclic) bond motifs is 1. The molecule has 0 fully saturated rings. The molecule has 2 heteroatoms. The van der Waals surface area contributed by atoms with Crippen molar-refractivity contribution in [3.63, 3.8) is 0 Å². The Morgan fingerprint density at radius 3 is 2.64 bits per heavy atom. The second-order valence-electron chi connectivity index (χ2n) is 6.10. The number of nitrogens with one attached hydrogen (secondary N) is 1. The van der Waals surface area contributed by atoms with E-state index in [1.807, 2.05) is 0 Å². The van der Waals surface area contributed by atoms with Gasteiger partial charge < -0.3 is 5.32 Å². The summed E-state index contributed by atoms with van der Waals surface area (Å²) in [6.45, 7) is 6.64. The number of hydrogen-bond acceptors (Lipinski definition) is 2. The maximum atomic E-state index is 3.69. The van der Waals surface area contributed by atoms with Gasteiger partial charge in [0, 0.05) is 19.1 Å². The van der Waals surface area contributed by atoms with Crippen LogP contribution < -0.4 is 5.32 Å². The molecule has 0 radical (unpaired) electrons. The van der Waals surface area contributed by atoms with Crippen molar-refractivity contribution in [1.29, 1.82) is 0 Å². The average molecular weight is 294 g/mol. The smallest absolute Gasteiger partial charge is 0.0335 e. The quantitative estimate of drug-likeness (QED) is 0.872. The molecule has 1 aliphatic rings. The van der Waals surface area contributed by atoms with Gasteiger partial charge in [0.15, 0.2) is 0 Å². The molecule has 3 rings (SSSR count). The molecule has 2 aromatic carbocycles. The van der Waals surface area contributed by atoms with Crippen molar-refractivity contribution in [3.05, 3.63) is 71.3 Å². The Morgan fingerprint density at radius 2 is 1.82 bits per heavy atom. The zero-order chi connectivity index (χ0) is 15.2. The second kappa shape index (κ2) is 7.57. The van der Waals surface area contributed by atoms with Crippen LogP contribution in [0.4, 0.5) is 0 Å². The summed E-state index contributed by atoms with van der Waals surface area (Å²) >= 11 is 0. The van der Waals surface area contributed by atoms with Gasteiger partial charge in [0.25, 0.3) is 0 Å². The molecule has 22 heavy (non-hydrogen) atoms. The van der Waals surface area contributed by atoms with Crippen LogP contribution in [0.2, 0.25) is 0 Å². The lowest BCUT2D eigenvalue weighted by atomic mass is 9.92. The predicted molar refractivity (Wildman–Crippen MR) is 92.9 cm³/mol. The first-order valence-corrected chi connectivity index (χ1v) is 8.44. The van der Waals surface area contributed by atoms with Gasteiger partial charge >= 0.3 is 0 Å². The van der Waals surface area contributed by atoms with Gasteiger partial charge in [-0.3, -0.25) is 4.90 Å². The highest BCUT2D eigenvalue weighted by molar-refractivity contribution is 5.32. The molecule has 1 heterocycles. The van der Waals surface area contributed by atoms with Crippen LogP contribution in [0.5, 0.6) is 0 Å². The van der Waals surface area contributed by atoms with Crippen LogP contribution in [0.1, 0.15) is 36.1 Å². The molecule has 116 valence electrons. The van der Waals surface area contributed by atoms with Crippen LogP contribution in [0.15, 0.2) is 54.6 Å². The van der Waals surface area contributed by atoms with Crippen molar-refractivity contribution >= 4 is 0 Å². The SMILES string of the molecule is CCN(CCC1NCCc2ccccc21)Cc1ccccc1. The molecule has 0 bridgehead atoms. The number of nitrogens with zero attached hydrogens (tertiary/aromatic N) is 1. The molecule has 2 aromatic rings. The average Bonchev–Trinajstić information content (AvgIpc) is 2.59. The summed E-state index contributed by atoms with van der Waals surface area (Å²) in [4.78, 5) is 2.54. The summed E-state index contributed by atoms with van der Waals surface area (Å²) in [7, 11) is 0. The summed E-state index contributed by atoms with van der Waals surface area (Å²) in [5.74, 6) is 0. The van der Waals surface area contributed by atoms with Crippen molar-refractivity contribution < 1.29 is 0 Å². The van der Waals surface area contributed by atoms with Crippen molar-refractivity contribution in [2.24, 2.45) is 0 Å². The first kappa shape index (κ1) is 15.3. The standard InChI is InChI=1S/C20H26N2/c1-2-22(16-17-8-4-3-5-9-17)15-13-20-19-11-7-6-10-18(19)12-14-21-20/h3-11,20-21H,2,12-16H2,1H3. The number of benzene rings is 2. The number of rotatable bonds is 6. The fourth-order valence-corrected chi connectivity index (χ4v) is 3.35. The largest absolute Gasteiger partial charge is 0.310 e. The highest BCUT2D eigenvalue weighted by atomic mass is 15.1. The summed E-state index contributed by atoms with van der Waals surface area (Å²) < 4.78 is 0. The topological polar surface area (TPSA) is 15.3 Å². The Morgan fingerprint density at radius 1 is 1.05 bits per heavy atom. The third kappa shape index (κ3) is 3.76. The van der Waals surface area contributed by atoms with Crippen LogP contribution in [-0.2, 0) is 13.0 Å². The fourth-order valence-electron chi connectivity index (χ4n) is 3.35. The van der Waals surface area contributed by atoms with E-state index in [0.29, 0.717) is 6.04 Å². The minimum Gasteiger partial charge on any atom is -0.310 e. The molecule has 0 saturated heterocycles. The van der Waals surface area contributed by atoms with E-state index < -0.39 is 0 Å². The zero-order valence-corrected chi connectivity index (χ0v) is 13.5. The lowest BCUT2D eigenvalue weighted by Gasteiger charge is -2.29. The molecule has 1 aliphatic heterocycles. The van der Waals surface area contributed by atoms with E-state index in [9.17, 15) is 0 Å². The Bertz CT molecular complexity index is 579. The summed E-state index contributed by atoms with van der Waals surface area (Å²) in [5, 5.41) is 3.69. The summed E-state index contributed by atoms with van der Waals surface area (Å²) in [5.41, 5.74) is 4.43. The Kier molecular flexibility index (Phi) is 5.25. The molecule has 0 saturated carbocycles. The third-order valence-corrected chi connectivity index (χ3v) is 4.65. The molecule has 0 spiro atoms. The second-order valence-corrected chi connectivity index (χ2v) is 6.10. The normalized spacial score (nSPS) is 17.5. The van der Waals surface area contributed by atoms with Gasteiger partial charge in [0.05, 0.1) is 0 Å². The van der Waals surface area contributed by atoms with E-state index in [4.69, 9.17) is 0 Å². The van der Waals surface area contributed by atoms with E-state index in [1.165, 1.54) is 23.1 Å². The van der Waals surface area contributed by atoms with Crippen molar-refractivity contribution in [3.8, 4) is 0 Å². The van der Waals surface area contributed by atoms with E-state index in [2.05, 4.69) is 71.7 Å². The van der Waals surface area contributed by atoms with E-state index >= 15 is 0 Å². The molecule has 0 amide bonds. The molecule has 0 aliphatic carbocycles. The summed E-state index contributed by atoms with van der Waals surface area (Å²) in [6, 6.07) is 20.2. The Labute approximate surface area is 134 Å². The Balaban J connectivity index is 1.59. The zero-order valence-electron chi connectivity index (χ0n) is 13.5. The molecular formula is C20H26N2. The summed E-state index contributed by atoms with van der Waals surface area (Å²) in [6.07, 6.45) is 2.34. The molecule has 1 unspecified atom stereocenters. The molecule has 0 aromatic heterocycles. The van der Waals surface area contributed by atoms with Gasteiger partial charge in [-0.05, 0) is 42.6 Å². The lowest BCUT2D eigenvalue weighted by molar-refractivity contribution is 0.259. The van der Waals surface area contributed by atoms with E-state index in [-0.39, 0.29) is 0 Å². The van der Waals surface area contributed by atoms with Crippen molar-refractivity contribution in [1.82, 2.24) is 10.2 Å². The van der Waals surface area contributed by atoms with Crippen LogP contribution in [0, 0.1) is 0 Å². The highest BCUT2D eigenvalue weighted by Crippen LogP contribution is 2.25. The van der Waals surface area contributed by atoms with E-state index in [0.717, 1.165) is 32.6 Å². The third-order valence-electron chi connectivity index (χ3n) is 4.65. The monoisotopic (exact) mass is 294 g/mol. The van der Waals surface area contributed by atoms with Gasteiger partial charge in [-0.2, -0.15) is 0 Å². The van der Waals surface area contributed by atoms with Gasteiger partial charge in [0.1, 0.15) is 0 Å². The minimum atomic E-state index is 0.509. The minimum absolute atomic E-state index is 0.509. The van der Waals surface area contributed by atoms with Gasteiger partial charge in [-0.25, -0.2) is 0 Å². The first-order valence-electron chi connectivity index (χ1n) is 8.44. The van der Waals surface area contributed by atoms with Crippen LogP contribution in [0.25, 0.3) is 0 Å². The van der Waals surface area contributed by atoms with Crippen molar-refractivity contribution in [2.45, 2.75) is 32.4 Å². The maximum absolute atomic E-state index is 3.69. The van der Waals surface area contributed by atoms with Gasteiger partial charge in [-0.1, -0.05) is 61.5 Å². The molecule has 1 atom stereocenters. The highest BCUT2D eigenvalue weighted by Gasteiger charge is 2.19. The fraction of sp³-hybridized carbons (Fsp3) is 0.400.